The fourth-order valence-electron chi connectivity index (χ4n) is 2.76. The predicted molar refractivity (Wildman–Crippen MR) is 69.5 cm³/mol. The summed E-state index contributed by atoms with van der Waals surface area (Å²) >= 11 is 0. The van der Waals surface area contributed by atoms with Crippen molar-refractivity contribution in [2.75, 3.05) is 0 Å². The molecule has 90 valence electrons. The van der Waals surface area contributed by atoms with Crippen LogP contribution in [-0.2, 0) is 13.0 Å². The molecule has 3 aliphatic rings. The van der Waals surface area contributed by atoms with Gasteiger partial charge in [0, 0.05) is 17.8 Å². The number of hydrogen-bond acceptors (Lipinski definition) is 2. The standard InChI is InChI=1S/C15H14N2O/c1-2-7-17-10-16-15(13(17)6-1)14-8-11-4-3-5-12(11)9-18-14/h3-5,8-10H,1-2,6-7H2. The molecule has 0 fully saturated rings. The summed E-state index contributed by atoms with van der Waals surface area (Å²) in [5.74, 6) is 0.879. The van der Waals surface area contributed by atoms with Gasteiger partial charge in [0.1, 0.15) is 5.69 Å². The molecule has 4 rings (SSSR count). The third kappa shape index (κ3) is 1.40. The number of aryl methyl sites for hydroxylation is 1. The first kappa shape index (κ1) is 9.95. The third-order valence-electron chi connectivity index (χ3n) is 3.73. The van der Waals surface area contributed by atoms with Gasteiger partial charge in [0.2, 0.25) is 0 Å². The zero-order valence-corrected chi connectivity index (χ0v) is 10.1. The van der Waals surface area contributed by atoms with E-state index in [0.29, 0.717) is 0 Å². The highest BCUT2D eigenvalue weighted by Gasteiger charge is 2.18. The van der Waals surface area contributed by atoms with Crippen molar-refractivity contribution in [3.05, 3.63) is 42.5 Å². The average molecular weight is 238 g/mol. The average Bonchev–Trinajstić information content (AvgIpc) is 3.04. The minimum Gasteiger partial charge on any atom is -0.462 e. The van der Waals surface area contributed by atoms with Crippen LogP contribution in [0.2, 0.25) is 0 Å². The lowest BCUT2D eigenvalue weighted by Gasteiger charge is -2.14. The second kappa shape index (κ2) is 3.73. The molecule has 0 N–H and O–H groups in total. The van der Waals surface area contributed by atoms with Crippen LogP contribution in [0, 0.1) is 0 Å². The largest absolute Gasteiger partial charge is 0.462 e. The summed E-state index contributed by atoms with van der Waals surface area (Å²) in [4.78, 5) is 4.53. The van der Waals surface area contributed by atoms with Gasteiger partial charge >= 0.3 is 0 Å². The molecule has 0 amide bonds. The Balaban J connectivity index is 1.87. The highest BCUT2D eigenvalue weighted by molar-refractivity contribution is 5.70. The molecule has 18 heavy (non-hydrogen) atoms. The van der Waals surface area contributed by atoms with Gasteiger partial charge in [-0.2, -0.15) is 0 Å². The zero-order valence-electron chi connectivity index (χ0n) is 10.1. The summed E-state index contributed by atoms with van der Waals surface area (Å²) in [5, 5.41) is 0. The fourth-order valence-corrected chi connectivity index (χ4v) is 2.76. The lowest BCUT2D eigenvalue weighted by Crippen LogP contribution is -2.09. The molecule has 3 nitrogen and oxygen atoms in total. The number of nitrogens with zero attached hydrogens (tertiary/aromatic N) is 2. The number of hydrogen-bond donors (Lipinski definition) is 0. The van der Waals surface area contributed by atoms with E-state index in [1.807, 2.05) is 18.7 Å². The van der Waals surface area contributed by atoms with Gasteiger partial charge in [-0.15, -0.1) is 0 Å². The molecule has 0 atom stereocenters. The lowest BCUT2D eigenvalue weighted by atomic mass is 10.1. The van der Waals surface area contributed by atoms with Crippen LogP contribution in [0.1, 0.15) is 18.5 Å². The van der Waals surface area contributed by atoms with Crippen molar-refractivity contribution in [2.45, 2.75) is 25.8 Å². The molecule has 3 heterocycles. The maximum Gasteiger partial charge on any atom is 0.154 e. The summed E-state index contributed by atoms with van der Waals surface area (Å²) in [6.45, 7) is 1.08. The molecule has 1 aliphatic carbocycles. The summed E-state index contributed by atoms with van der Waals surface area (Å²) < 4.78 is 7.99. The van der Waals surface area contributed by atoms with E-state index in [0.717, 1.165) is 30.0 Å². The smallest absolute Gasteiger partial charge is 0.154 e. The third-order valence-corrected chi connectivity index (χ3v) is 3.73. The summed E-state index contributed by atoms with van der Waals surface area (Å²) in [7, 11) is 0. The van der Waals surface area contributed by atoms with Gasteiger partial charge in [-0.25, -0.2) is 4.98 Å². The number of imidazole rings is 1. The number of rotatable bonds is 1. The Hall–Kier alpha value is -2.03. The Morgan fingerprint density at radius 3 is 3.11 bits per heavy atom. The second-order valence-electron chi connectivity index (χ2n) is 4.87. The molecule has 0 unspecified atom stereocenters. The Morgan fingerprint density at radius 1 is 1.17 bits per heavy atom. The van der Waals surface area contributed by atoms with E-state index in [4.69, 9.17) is 4.42 Å². The molecule has 0 radical (unpaired) electrons. The van der Waals surface area contributed by atoms with E-state index in [-0.39, 0.29) is 0 Å². The summed E-state index contributed by atoms with van der Waals surface area (Å²) in [5.41, 5.74) is 4.69. The highest BCUT2D eigenvalue weighted by atomic mass is 16.3. The van der Waals surface area contributed by atoms with Gasteiger partial charge in [0.05, 0.1) is 12.6 Å². The Labute approximate surface area is 105 Å². The van der Waals surface area contributed by atoms with Crippen LogP contribution in [0.25, 0.3) is 22.6 Å². The first-order chi connectivity index (χ1) is 8.92. The molecule has 0 spiro atoms. The SMILES string of the molecule is c1cc2coc(-c3ncn4c3CCCC4)cc-2c1. The van der Waals surface area contributed by atoms with Crippen LogP contribution in [-0.4, -0.2) is 9.55 Å². The van der Waals surface area contributed by atoms with Gasteiger partial charge in [-0.3, -0.25) is 0 Å². The molecule has 0 saturated heterocycles. The first-order valence-electron chi connectivity index (χ1n) is 6.43. The van der Waals surface area contributed by atoms with Gasteiger partial charge in [-0.05, 0) is 30.9 Å². The normalized spacial score (nSPS) is 14.9. The van der Waals surface area contributed by atoms with E-state index < -0.39 is 0 Å². The van der Waals surface area contributed by atoms with Crippen molar-refractivity contribution >= 4 is 0 Å². The van der Waals surface area contributed by atoms with E-state index in [2.05, 4.69) is 27.8 Å². The number of fused-ring (bicyclic) bond motifs is 2. The van der Waals surface area contributed by atoms with Gasteiger partial charge < -0.3 is 8.98 Å². The van der Waals surface area contributed by atoms with Crippen LogP contribution < -0.4 is 0 Å². The first-order valence-corrected chi connectivity index (χ1v) is 6.43. The van der Waals surface area contributed by atoms with Gasteiger partial charge in [0.25, 0.3) is 0 Å². The molecule has 3 heteroatoms. The Bertz CT molecular complexity index is 665. The van der Waals surface area contributed by atoms with Crippen molar-refractivity contribution in [3.63, 3.8) is 0 Å². The van der Waals surface area contributed by atoms with Crippen molar-refractivity contribution in [3.8, 4) is 22.6 Å². The fraction of sp³-hybridized carbons (Fsp3) is 0.267. The van der Waals surface area contributed by atoms with E-state index in [1.54, 1.807) is 0 Å². The summed E-state index contributed by atoms with van der Waals surface area (Å²) in [6, 6.07) is 8.31. The van der Waals surface area contributed by atoms with Gasteiger partial charge in [0.15, 0.2) is 5.76 Å². The van der Waals surface area contributed by atoms with Crippen LogP contribution in [0.15, 0.2) is 41.3 Å². The molecule has 1 aromatic heterocycles. The van der Waals surface area contributed by atoms with E-state index >= 15 is 0 Å². The predicted octanol–water partition coefficient (Wildman–Crippen LogP) is 3.58. The topological polar surface area (TPSA) is 31.0 Å². The molecular formula is C15H14N2O. The van der Waals surface area contributed by atoms with E-state index in [1.165, 1.54) is 24.1 Å². The Morgan fingerprint density at radius 2 is 2.11 bits per heavy atom. The zero-order chi connectivity index (χ0) is 11.9. The van der Waals surface area contributed by atoms with Crippen LogP contribution >= 0.6 is 0 Å². The highest BCUT2D eigenvalue weighted by Crippen LogP contribution is 2.31. The van der Waals surface area contributed by atoms with Gasteiger partial charge in [-0.1, -0.05) is 18.2 Å². The molecular weight excluding hydrogens is 224 g/mol. The molecule has 0 bridgehead atoms. The minimum absolute atomic E-state index is 0.879. The van der Waals surface area contributed by atoms with Crippen LogP contribution in [0.4, 0.5) is 0 Å². The molecule has 2 aliphatic heterocycles. The van der Waals surface area contributed by atoms with Crippen molar-refractivity contribution in [1.29, 1.82) is 0 Å². The maximum absolute atomic E-state index is 5.73. The minimum atomic E-state index is 0.879. The molecule has 0 saturated carbocycles. The van der Waals surface area contributed by atoms with Crippen molar-refractivity contribution in [1.82, 2.24) is 9.55 Å². The van der Waals surface area contributed by atoms with Crippen LogP contribution in [0.3, 0.4) is 0 Å². The molecule has 1 aromatic rings. The van der Waals surface area contributed by atoms with E-state index in [9.17, 15) is 0 Å². The quantitative estimate of drug-likeness (QED) is 0.648. The number of aromatic nitrogens is 2. The van der Waals surface area contributed by atoms with Crippen molar-refractivity contribution in [2.24, 2.45) is 0 Å². The second-order valence-corrected chi connectivity index (χ2v) is 4.87. The van der Waals surface area contributed by atoms with Crippen molar-refractivity contribution < 1.29 is 4.42 Å². The monoisotopic (exact) mass is 238 g/mol. The van der Waals surface area contributed by atoms with Crippen LogP contribution in [0.5, 0.6) is 0 Å². The Kier molecular flexibility index (Phi) is 2.06. The molecule has 0 aromatic carbocycles. The lowest BCUT2D eigenvalue weighted by molar-refractivity contribution is 0.528. The summed E-state index contributed by atoms with van der Waals surface area (Å²) in [6.07, 6.45) is 7.36. The maximum atomic E-state index is 5.73.